The van der Waals surface area contributed by atoms with E-state index in [0.29, 0.717) is 0 Å². The number of nitrogens with zero attached hydrogens (tertiary/aromatic N) is 1. The van der Waals surface area contributed by atoms with Gasteiger partial charge in [-0.2, -0.15) is 0 Å². The van der Waals surface area contributed by atoms with Crippen molar-refractivity contribution in [2.75, 3.05) is 13.6 Å². The molecule has 1 saturated carbocycles. The van der Waals surface area contributed by atoms with E-state index in [1.54, 1.807) is 0 Å². The van der Waals surface area contributed by atoms with Crippen LogP contribution in [0.4, 0.5) is 0 Å². The summed E-state index contributed by atoms with van der Waals surface area (Å²) in [6.07, 6.45) is 2.63. The number of nitrogens with two attached hydrogens (primary N) is 1. The van der Waals surface area contributed by atoms with Crippen molar-refractivity contribution in [2.45, 2.75) is 25.8 Å². The third-order valence-corrected chi connectivity index (χ3v) is 2.32. The molecule has 1 fully saturated rings. The molecule has 1 amide bonds. The molecular weight excluding hydrogens is 140 g/mol. The molecule has 3 heteroatoms. The fourth-order valence-corrected chi connectivity index (χ4v) is 1.08. The van der Waals surface area contributed by atoms with E-state index in [1.807, 2.05) is 18.9 Å². The van der Waals surface area contributed by atoms with Crippen molar-refractivity contribution in [3.8, 4) is 0 Å². The molecule has 64 valence electrons. The third kappa shape index (κ3) is 2.50. The van der Waals surface area contributed by atoms with Crippen molar-refractivity contribution in [3.05, 3.63) is 0 Å². The highest BCUT2D eigenvalue weighted by Crippen LogP contribution is 2.29. The van der Waals surface area contributed by atoms with Gasteiger partial charge in [0, 0.05) is 6.54 Å². The lowest BCUT2D eigenvalue weighted by Crippen LogP contribution is -2.41. The highest BCUT2D eigenvalue weighted by atomic mass is 16.1. The van der Waals surface area contributed by atoms with Crippen LogP contribution in [0.25, 0.3) is 0 Å². The van der Waals surface area contributed by atoms with Crippen molar-refractivity contribution in [2.24, 2.45) is 11.7 Å². The molecule has 0 aromatic rings. The largest absolute Gasteiger partial charge is 0.368 e. The van der Waals surface area contributed by atoms with Gasteiger partial charge in [-0.05, 0) is 32.7 Å². The Labute approximate surface area is 67.5 Å². The number of carbonyl (C=O) groups is 1. The summed E-state index contributed by atoms with van der Waals surface area (Å²) in [4.78, 5) is 12.8. The van der Waals surface area contributed by atoms with E-state index < -0.39 is 0 Å². The number of likely N-dealkylation sites (N-methyl/N-ethyl adjacent to an activating group) is 1. The van der Waals surface area contributed by atoms with Gasteiger partial charge in [-0.3, -0.25) is 9.69 Å². The van der Waals surface area contributed by atoms with E-state index in [-0.39, 0.29) is 11.9 Å². The van der Waals surface area contributed by atoms with E-state index in [9.17, 15) is 4.79 Å². The summed E-state index contributed by atoms with van der Waals surface area (Å²) in [6, 6.07) is -0.115. The molecule has 0 aromatic carbocycles. The van der Waals surface area contributed by atoms with Gasteiger partial charge in [-0.1, -0.05) is 0 Å². The number of hydrogen-bond acceptors (Lipinski definition) is 2. The molecule has 1 aliphatic carbocycles. The van der Waals surface area contributed by atoms with Crippen LogP contribution >= 0.6 is 0 Å². The van der Waals surface area contributed by atoms with Crippen LogP contribution in [-0.4, -0.2) is 30.4 Å². The lowest BCUT2D eigenvalue weighted by Gasteiger charge is -2.21. The second kappa shape index (κ2) is 3.22. The summed E-state index contributed by atoms with van der Waals surface area (Å²) >= 11 is 0. The molecule has 0 spiro atoms. The maximum atomic E-state index is 10.7. The molecule has 0 bridgehead atoms. The molecule has 1 rings (SSSR count). The van der Waals surface area contributed by atoms with E-state index in [0.717, 1.165) is 12.5 Å². The van der Waals surface area contributed by atoms with Crippen molar-refractivity contribution in [3.63, 3.8) is 0 Å². The number of primary amides is 1. The molecule has 0 saturated heterocycles. The Morgan fingerprint density at radius 2 is 2.27 bits per heavy atom. The summed E-state index contributed by atoms with van der Waals surface area (Å²) in [5.41, 5.74) is 5.15. The quantitative estimate of drug-likeness (QED) is 0.632. The van der Waals surface area contributed by atoms with Gasteiger partial charge < -0.3 is 5.73 Å². The maximum Gasteiger partial charge on any atom is 0.234 e. The van der Waals surface area contributed by atoms with Crippen LogP contribution in [0.3, 0.4) is 0 Å². The highest BCUT2D eigenvalue weighted by molar-refractivity contribution is 5.79. The topological polar surface area (TPSA) is 46.3 Å². The van der Waals surface area contributed by atoms with Gasteiger partial charge in [0.15, 0.2) is 0 Å². The number of amides is 1. The molecule has 0 heterocycles. The zero-order valence-electron chi connectivity index (χ0n) is 7.21. The van der Waals surface area contributed by atoms with Crippen LogP contribution in [0.5, 0.6) is 0 Å². The molecule has 0 aromatic heterocycles. The molecule has 1 unspecified atom stereocenters. The monoisotopic (exact) mass is 156 g/mol. The van der Waals surface area contributed by atoms with Crippen molar-refractivity contribution in [1.82, 2.24) is 4.90 Å². The molecule has 1 atom stereocenters. The van der Waals surface area contributed by atoms with Gasteiger partial charge in [-0.25, -0.2) is 0 Å². The van der Waals surface area contributed by atoms with Gasteiger partial charge in [-0.15, -0.1) is 0 Å². The van der Waals surface area contributed by atoms with Gasteiger partial charge in [0.25, 0.3) is 0 Å². The van der Waals surface area contributed by atoms with Crippen LogP contribution in [0.15, 0.2) is 0 Å². The normalized spacial score (nSPS) is 20.3. The summed E-state index contributed by atoms with van der Waals surface area (Å²) in [7, 11) is 1.95. The smallest absolute Gasteiger partial charge is 0.234 e. The molecular formula is C8H16N2O. The van der Waals surface area contributed by atoms with Crippen LogP contribution in [0, 0.1) is 5.92 Å². The lowest BCUT2D eigenvalue weighted by atomic mass is 10.2. The van der Waals surface area contributed by atoms with Crippen molar-refractivity contribution >= 4 is 5.91 Å². The van der Waals surface area contributed by atoms with Crippen molar-refractivity contribution in [1.29, 1.82) is 0 Å². The average molecular weight is 156 g/mol. The Balaban J connectivity index is 2.26. The minimum Gasteiger partial charge on any atom is -0.368 e. The Morgan fingerprint density at radius 3 is 2.64 bits per heavy atom. The van der Waals surface area contributed by atoms with Gasteiger partial charge in [0.1, 0.15) is 0 Å². The predicted octanol–water partition coefficient (Wildman–Crippen LogP) is 0.202. The minimum absolute atomic E-state index is 0.115. The summed E-state index contributed by atoms with van der Waals surface area (Å²) in [5.74, 6) is 0.593. The van der Waals surface area contributed by atoms with Crippen LogP contribution in [0.1, 0.15) is 19.8 Å². The first-order chi connectivity index (χ1) is 5.11. The lowest BCUT2D eigenvalue weighted by molar-refractivity contribution is -0.122. The molecule has 3 nitrogen and oxygen atoms in total. The minimum atomic E-state index is -0.229. The van der Waals surface area contributed by atoms with E-state index in [4.69, 9.17) is 5.73 Å². The average Bonchev–Trinajstić information content (AvgIpc) is 2.69. The number of rotatable bonds is 4. The van der Waals surface area contributed by atoms with Crippen LogP contribution in [-0.2, 0) is 4.79 Å². The van der Waals surface area contributed by atoms with E-state index >= 15 is 0 Å². The first-order valence-electron chi connectivity index (χ1n) is 4.11. The molecule has 0 radical (unpaired) electrons. The fourth-order valence-electron chi connectivity index (χ4n) is 1.08. The molecule has 0 aliphatic heterocycles. The Hall–Kier alpha value is -0.570. The van der Waals surface area contributed by atoms with Crippen molar-refractivity contribution < 1.29 is 4.79 Å². The number of hydrogen-bond donors (Lipinski definition) is 1. The Morgan fingerprint density at radius 1 is 1.73 bits per heavy atom. The first kappa shape index (κ1) is 8.53. The standard InChI is InChI=1S/C8H16N2O/c1-6(8(9)11)10(2)5-7-3-4-7/h6-7H,3-5H2,1-2H3,(H2,9,11). The third-order valence-electron chi connectivity index (χ3n) is 2.32. The van der Waals surface area contributed by atoms with Crippen LogP contribution in [0.2, 0.25) is 0 Å². The zero-order chi connectivity index (χ0) is 8.43. The SMILES string of the molecule is CC(C(N)=O)N(C)CC1CC1. The summed E-state index contributed by atoms with van der Waals surface area (Å²) in [5, 5.41) is 0. The molecule has 11 heavy (non-hydrogen) atoms. The summed E-state index contributed by atoms with van der Waals surface area (Å²) in [6.45, 7) is 2.87. The Kier molecular flexibility index (Phi) is 2.49. The predicted molar refractivity (Wildman–Crippen MR) is 44.0 cm³/mol. The highest BCUT2D eigenvalue weighted by Gasteiger charge is 2.25. The second-order valence-corrected chi connectivity index (χ2v) is 3.46. The van der Waals surface area contributed by atoms with Gasteiger partial charge >= 0.3 is 0 Å². The summed E-state index contributed by atoms with van der Waals surface area (Å²) < 4.78 is 0. The molecule has 2 N–H and O–H groups in total. The Bertz CT molecular complexity index is 154. The zero-order valence-corrected chi connectivity index (χ0v) is 7.21. The van der Waals surface area contributed by atoms with E-state index in [1.165, 1.54) is 12.8 Å². The number of carbonyl (C=O) groups excluding carboxylic acids is 1. The maximum absolute atomic E-state index is 10.7. The fraction of sp³-hybridized carbons (Fsp3) is 0.875. The van der Waals surface area contributed by atoms with Gasteiger partial charge in [0.2, 0.25) is 5.91 Å². The molecule has 1 aliphatic rings. The van der Waals surface area contributed by atoms with Crippen LogP contribution < -0.4 is 5.73 Å². The van der Waals surface area contributed by atoms with Gasteiger partial charge in [0.05, 0.1) is 6.04 Å². The first-order valence-corrected chi connectivity index (χ1v) is 4.11. The second-order valence-electron chi connectivity index (χ2n) is 3.46. The van der Waals surface area contributed by atoms with E-state index in [2.05, 4.69) is 0 Å².